The summed E-state index contributed by atoms with van der Waals surface area (Å²) in [5.41, 5.74) is 6.65. The van der Waals surface area contributed by atoms with Gasteiger partial charge in [-0.1, -0.05) is 0 Å². The molecular formula is C9H12N4O2S. The van der Waals surface area contributed by atoms with Crippen molar-refractivity contribution in [3.63, 3.8) is 0 Å². The molecule has 0 aromatic carbocycles. The second kappa shape index (κ2) is 3.49. The summed E-state index contributed by atoms with van der Waals surface area (Å²) in [6.45, 7) is 1.69. The van der Waals surface area contributed by atoms with Gasteiger partial charge in [-0.3, -0.25) is 0 Å². The summed E-state index contributed by atoms with van der Waals surface area (Å²) in [4.78, 5) is 0. The quantitative estimate of drug-likeness (QED) is 0.744. The van der Waals surface area contributed by atoms with Crippen molar-refractivity contribution in [3.05, 3.63) is 11.3 Å². The van der Waals surface area contributed by atoms with Crippen molar-refractivity contribution < 1.29 is 8.42 Å². The van der Waals surface area contributed by atoms with Gasteiger partial charge in [-0.25, -0.2) is 13.1 Å². The van der Waals surface area contributed by atoms with Crippen LogP contribution in [-0.4, -0.2) is 29.7 Å². The molecule has 0 spiro atoms. The molecule has 0 radical (unpaired) electrons. The lowest BCUT2D eigenvalue weighted by Gasteiger charge is -2.09. The van der Waals surface area contributed by atoms with E-state index in [1.54, 1.807) is 6.92 Å². The van der Waals surface area contributed by atoms with Crippen LogP contribution in [-0.2, 0) is 9.84 Å². The molecule has 2 heterocycles. The number of anilines is 1. The lowest BCUT2D eigenvalue weighted by molar-refractivity contribution is 0.504. The number of aromatic nitrogens is 2. The third-order valence-electron chi connectivity index (χ3n) is 2.79. The molecule has 1 saturated heterocycles. The number of sulfone groups is 1. The molecule has 86 valence electrons. The first-order chi connectivity index (χ1) is 7.44. The van der Waals surface area contributed by atoms with Gasteiger partial charge in [-0.2, -0.15) is 10.4 Å². The summed E-state index contributed by atoms with van der Waals surface area (Å²) in [6.07, 6.45) is 0.512. The Balaban J connectivity index is 2.41. The van der Waals surface area contributed by atoms with Gasteiger partial charge in [0.1, 0.15) is 17.5 Å². The molecule has 1 fully saturated rings. The number of nitriles is 1. The standard InChI is InChI=1S/C9H12N4O2S/c1-6-8(4-10)9(11)13(12-6)7-2-3-16(14,15)5-7/h7H,2-3,5,11H2,1H3. The van der Waals surface area contributed by atoms with Crippen molar-refractivity contribution in [2.45, 2.75) is 19.4 Å². The summed E-state index contributed by atoms with van der Waals surface area (Å²) in [6, 6.07) is 1.74. The van der Waals surface area contributed by atoms with Crippen LogP contribution in [0.3, 0.4) is 0 Å². The third-order valence-corrected chi connectivity index (χ3v) is 4.54. The van der Waals surface area contributed by atoms with Gasteiger partial charge in [0.15, 0.2) is 9.84 Å². The Bertz CT molecular complexity index is 567. The molecule has 0 saturated carbocycles. The largest absolute Gasteiger partial charge is 0.383 e. The van der Waals surface area contributed by atoms with E-state index < -0.39 is 9.84 Å². The van der Waals surface area contributed by atoms with Gasteiger partial charge in [-0.15, -0.1) is 0 Å². The summed E-state index contributed by atoms with van der Waals surface area (Å²) in [5, 5.41) is 13.0. The molecule has 1 unspecified atom stereocenters. The summed E-state index contributed by atoms with van der Waals surface area (Å²) in [5.74, 6) is 0.489. The molecule has 1 aromatic rings. The van der Waals surface area contributed by atoms with Gasteiger partial charge in [0, 0.05) is 0 Å². The highest BCUT2D eigenvalue weighted by Gasteiger charge is 2.31. The molecule has 1 aliphatic heterocycles. The van der Waals surface area contributed by atoms with Crippen LogP contribution in [0.2, 0.25) is 0 Å². The van der Waals surface area contributed by atoms with Crippen LogP contribution >= 0.6 is 0 Å². The zero-order chi connectivity index (χ0) is 11.9. The van der Waals surface area contributed by atoms with E-state index in [9.17, 15) is 8.42 Å². The molecule has 2 N–H and O–H groups in total. The van der Waals surface area contributed by atoms with E-state index in [2.05, 4.69) is 5.10 Å². The molecule has 0 bridgehead atoms. The molecule has 2 rings (SSSR count). The van der Waals surface area contributed by atoms with Crippen molar-refractivity contribution in [1.82, 2.24) is 9.78 Å². The van der Waals surface area contributed by atoms with Crippen LogP contribution in [0, 0.1) is 18.3 Å². The highest BCUT2D eigenvalue weighted by molar-refractivity contribution is 7.91. The Morgan fingerprint density at radius 2 is 2.31 bits per heavy atom. The fourth-order valence-corrected chi connectivity index (χ4v) is 3.64. The Labute approximate surface area is 93.6 Å². The van der Waals surface area contributed by atoms with E-state index in [1.807, 2.05) is 6.07 Å². The zero-order valence-corrected chi connectivity index (χ0v) is 9.66. The van der Waals surface area contributed by atoms with E-state index in [-0.39, 0.29) is 23.4 Å². The molecular weight excluding hydrogens is 228 g/mol. The van der Waals surface area contributed by atoms with Crippen molar-refractivity contribution in [2.24, 2.45) is 0 Å². The van der Waals surface area contributed by atoms with Gasteiger partial charge in [0.25, 0.3) is 0 Å². The number of aryl methyl sites for hydroxylation is 1. The predicted molar refractivity (Wildman–Crippen MR) is 58.4 cm³/mol. The minimum Gasteiger partial charge on any atom is -0.383 e. The summed E-state index contributed by atoms with van der Waals surface area (Å²) in [7, 11) is -2.97. The highest BCUT2D eigenvalue weighted by Crippen LogP contribution is 2.27. The van der Waals surface area contributed by atoms with Crippen LogP contribution < -0.4 is 5.73 Å². The first-order valence-electron chi connectivity index (χ1n) is 4.89. The maximum Gasteiger partial charge on any atom is 0.152 e. The molecule has 0 aliphatic carbocycles. The van der Waals surface area contributed by atoms with Gasteiger partial charge < -0.3 is 5.73 Å². The number of hydrogen-bond donors (Lipinski definition) is 1. The lowest BCUT2D eigenvalue weighted by Crippen LogP contribution is -2.14. The van der Waals surface area contributed by atoms with Crippen molar-refractivity contribution in [1.29, 1.82) is 5.26 Å². The maximum absolute atomic E-state index is 11.3. The summed E-state index contributed by atoms with van der Waals surface area (Å²) < 4.78 is 24.2. The van der Waals surface area contributed by atoms with Crippen LogP contribution in [0.1, 0.15) is 23.7 Å². The smallest absolute Gasteiger partial charge is 0.152 e. The molecule has 0 amide bonds. The fraction of sp³-hybridized carbons (Fsp3) is 0.556. The van der Waals surface area contributed by atoms with E-state index in [0.29, 0.717) is 17.7 Å². The van der Waals surface area contributed by atoms with E-state index >= 15 is 0 Å². The van der Waals surface area contributed by atoms with E-state index in [1.165, 1.54) is 4.68 Å². The average Bonchev–Trinajstić information content (AvgIpc) is 2.68. The molecule has 7 heteroatoms. The normalized spacial score (nSPS) is 23.1. The highest BCUT2D eigenvalue weighted by atomic mass is 32.2. The Hall–Kier alpha value is -1.55. The topological polar surface area (TPSA) is 102 Å². The number of rotatable bonds is 1. The Morgan fingerprint density at radius 3 is 2.75 bits per heavy atom. The molecule has 16 heavy (non-hydrogen) atoms. The molecule has 1 aliphatic rings. The predicted octanol–water partition coefficient (Wildman–Crippen LogP) is 0.00500. The van der Waals surface area contributed by atoms with Crippen LogP contribution in [0.25, 0.3) is 0 Å². The van der Waals surface area contributed by atoms with Gasteiger partial charge in [-0.05, 0) is 13.3 Å². The SMILES string of the molecule is Cc1nn(C2CCS(=O)(=O)C2)c(N)c1C#N. The minimum atomic E-state index is -2.97. The number of nitrogen functional groups attached to an aromatic ring is 1. The van der Waals surface area contributed by atoms with Crippen molar-refractivity contribution in [2.75, 3.05) is 17.2 Å². The van der Waals surface area contributed by atoms with E-state index in [0.717, 1.165) is 0 Å². The minimum absolute atomic E-state index is 0.0587. The van der Waals surface area contributed by atoms with Crippen molar-refractivity contribution >= 4 is 15.7 Å². The van der Waals surface area contributed by atoms with Crippen LogP contribution in [0.4, 0.5) is 5.82 Å². The number of nitrogens with two attached hydrogens (primary N) is 1. The molecule has 6 nitrogen and oxygen atoms in total. The van der Waals surface area contributed by atoms with Gasteiger partial charge in [0.2, 0.25) is 0 Å². The van der Waals surface area contributed by atoms with Crippen LogP contribution in [0.5, 0.6) is 0 Å². The monoisotopic (exact) mass is 240 g/mol. The number of hydrogen-bond acceptors (Lipinski definition) is 5. The molecule has 1 aromatic heterocycles. The third kappa shape index (κ3) is 1.65. The maximum atomic E-state index is 11.3. The second-order valence-electron chi connectivity index (χ2n) is 3.96. The molecule has 1 atom stereocenters. The summed E-state index contributed by atoms with van der Waals surface area (Å²) >= 11 is 0. The van der Waals surface area contributed by atoms with Gasteiger partial charge in [0.05, 0.1) is 23.2 Å². The Kier molecular flexibility index (Phi) is 2.39. The van der Waals surface area contributed by atoms with E-state index in [4.69, 9.17) is 11.0 Å². The average molecular weight is 240 g/mol. The van der Waals surface area contributed by atoms with Crippen LogP contribution in [0.15, 0.2) is 0 Å². The van der Waals surface area contributed by atoms with Crippen molar-refractivity contribution in [3.8, 4) is 6.07 Å². The Morgan fingerprint density at radius 1 is 1.62 bits per heavy atom. The van der Waals surface area contributed by atoms with Gasteiger partial charge >= 0.3 is 0 Å². The number of nitrogens with zero attached hydrogens (tertiary/aromatic N) is 3. The first kappa shape index (κ1) is 11.0. The lowest BCUT2D eigenvalue weighted by atomic mass is 10.2. The zero-order valence-electron chi connectivity index (χ0n) is 8.84. The fourth-order valence-electron chi connectivity index (χ4n) is 1.95. The first-order valence-corrected chi connectivity index (χ1v) is 6.72. The second-order valence-corrected chi connectivity index (χ2v) is 6.19.